The van der Waals surface area contributed by atoms with E-state index >= 15 is 0 Å². The highest BCUT2D eigenvalue weighted by atomic mass is 35.5. The third-order valence-electron chi connectivity index (χ3n) is 3.72. The molecule has 1 atom stereocenters. The molecular weight excluding hydrogens is 377 g/mol. The molecule has 1 saturated heterocycles. The topological polar surface area (TPSA) is 75.9 Å². The van der Waals surface area contributed by atoms with Gasteiger partial charge in [-0.3, -0.25) is 9.59 Å². The van der Waals surface area contributed by atoms with Gasteiger partial charge in [0.25, 0.3) is 5.91 Å². The fourth-order valence-corrected chi connectivity index (χ4v) is 2.84. The minimum absolute atomic E-state index is 0. The summed E-state index contributed by atoms with van der Waals surface area (Å²) >= 11 is 12.0. The molecule has 2 amide bonds. The van der Waals surface area contributed by atoms with Crippen LogP contribution in [-0.4, -0.2) is 67.6 Å². The van der Waals surface area contributed by atoms with E-state index in [1.807, 2.05) is 0 Å². The molecular formula is C15H20Cl3N3O3. The molecule has 9 heteroatoms. The van der Waals surface area contributed by atoms with Gasteiger partial charge in [0, 0.05) is 33.3 Å². The monoisotopic (exact) mass is 395 g/mol. The molecule has 0 bridgehead atoms. The molecule has 1 aromatic rings. The lowest BCUT2D eigenvalue weighted by Gasteiger charge is -2.36. The summed E-state index contributed by atoms with van der Waals surface area (Å²) in [5, 5.41) is 0.594. The molecule has 1 aliphatic heterocycles. The van der Waals surface area contributed by atoms with Crippen molar-refractivity contribution in [2.75, 3.05) is 39.9 Å². The number of carbonyl (C=O) groups is 2. The summed E-state index contributed by atoms with van der Waals surface area (Å²) < 4.78 is 4.89. The summed E-state index contributed by atoms with van der Waals surface area (Å²) in [6.07, 6.45) is 0. The molecule has 2 N–H and O–H groups in total. The van der Waals surface area contributed by atoms with E-state index in [-0.39, 0.29) is 35.9 Å². The second-order valence-corrected chi connectivity index (χ2v) is 6.07. The number of hydrogen-bond donors (Lipinski definition) is 1. The Morgan fingerprint density at radius 2 is 1.79 bits per heavy atom. The maximum Gasteiger partial charge on any atom is 0.255 e. The summed E-state index contributed by atoms with van der Waals surface area (Å²) in [5.41, 5.74) is 6.12. The van der Waals surface area contributed by atoms with E-state index in [0.29, 0.717) is 36.8 Å². The Bertz CT molecular complexity index is 593. The van der Waals surface area contributed by atoms with Crippen molar-refractivity contribution >= 4 is 47.4 Å². The van der Waals surface area contributed by atoms with Crippen molar-refractivity contribution in [1.82, 2.24) is 9.80 Å². The van der Waals surface area contributed by atoms with Crippen molar-refractivity contribution in [3.8, 4) is 0 Å². The zero-order valence-electron chi connectivity index (χ0n) is 13.2. The predicted octanol–water partition coefficient (Wildman–Crippen LogP) is 1.67. The second kappa shape index (κ2) is 9.44. The van der Waals surface area contributed by atoms with Crippen LogP contribution in [0.25, 0.3) is 0 Å². The Kier molecular flexibility index (Phi) is 8.26. The second-order valence-electron chi connectivity index (χ2n) is 5.28. The number of benzene rings is 1. The van der Waals surface area contributed by atoms with E-state index in [0.717, 1.165) is 0 Å². The number of halogens is 3. The van der Waals surface area contributed by atoms with Crippen molar-refractivity contribution in [3.63, 3.8) is 0 Å². The summed E-state index contributed by atoms with van der Waals surface area (Å²) in [6.45, 7) is 1.89. The van der Waals surface area contributed by atoms with Gasteiger partial charge >= 0.3 is 0 Å². The van der Waals surface area contributed by atoms with Gasteiger partial charge in [0.2, 0.25) is 5.91 Å². The van der Waals surface area contributed by atoms with Crippen molar-refractivity contribution in [3.05, 3.63) is 33.8 Å². The first-order valence-corrected chi connectivity index (χ1v) is 7.98. The summed E-state index contributed by atoms with van der Waals surface area (Å²) in [7, 11) is 1.50. The van der Waals surface area contributed by atoms with Crippen LogP contribution in [0.5, 0.6) is 0 Å². The quantitative estimate of drug-likeness (QED) is 0.840. The SMILES string of the molecule is COCC(N)C(=O)N1CCN(C(=O)c2cccc(Cl)c2Cl)CC1.Cl. The first kappa shape index (κ1) is 21.0. The minimum Gasteiger partial charge on any atom is -0.383 e. The summed E-state index contributed by atoms with van der Waals surface area (Å²) in [4.78, 5) is 27.9. The number of nitrogens with two attached hydrogens (primary N) is 1. The van der Waals surface area contributed by atoms with Crippen LogP contribution in [0.2, 0.25) is 10.0 Å². The van der Waals surface area contributed by atoms with Crippen molar-refractivity contribution in [1.29, 1.82) is 0 Å². The smallest absolute Gasteiger partial charge is 0.255 e. The number of nitrogens with zero attached hydrogens (tertiary/aromatic N) is 2. The molecule has 134 valence electrons. The zero-order valence-corrected chi connectivity index (χ0v) is 15.5. The van der Waals surface area contributed by atoms with Crippen LogP contribution in [0.3, 0.4) is 0 Å². The molecule has 0 saturated carbocycles. The van der Waals surface area contributed by atoms with E-state index in [9.17, 15) is 9.59 Å². The maximum atomic E-state index is 12.5. The number of methoxy groups -OCH3 is 1. The lowest BCUT2D eigenvalue weighted by atomic mass is 10.1. The van der Waals surface area contributed by atoms with Gasteiger partial charge < -0.3 is 20.3 Å². The molecule has 0 aromatic heterocycles. The fraction of sp³-hybridized carbons (Fsp3) is 0.467. The highest BCUT2D eigenvalue weighted by Gasteiger charge is 2.28. The van der Waals surface area contributed by atoms with Crippen LogP contribution in [0, 0.1) is 0 Å². The van der Waals surface area contributed by atoms with Crippen LogP contribution in [0.1, 0.15) is 10.4 Å². The van der Waals surface area contributed by atoms with Crippen LogP contribution < -0.4 is 5.73 Å². The number of hydrogen-bond acceptors (Lipinski definition) is 4. The third-order valence-corrected chi connectivity index (χ3v) is 4.54. The Morgan fingerprint density at radius 1 is 1.21 bits per heavy atom. The number of piperazine rings is 1. The standard InChI is InChI=1S/C15H19Cl2N3O3.ClH/c1-23-9-12(18)15(22)20-7-5-19(6-8-20)14(21)10-3-2-4-11(16)13(10)17;/h2-4,12H,5-9,18H2,1H3;1H. The Morgan fingerprint density at radius 3 is 2.38 bits per heavy atom. The molecule has 0 aliphatic carbocycles. The molecule has 0 radical (unpaired) electrons. The fourth-order valence-electron chi connectivity index (χ4n) is 2.45. The lowest BCUT2D eigenvalue weighted by molar-refractivity contribution is -0.135. The Balaban J connectivity index is 0.00000288. The van der Waals surface area contributed by atoms with Crippen molar-refractivity contribution < 1.29 is 14.3 Å². The summed E-state index contributed by atoms with van der Waals surface area (Å²) in [5.74, 6) is -0.356. The van der Waals surface area contributed by atoms with E-state index in [4.69, 9.17) is 33.7 Å². The highest BCUT2D eigenvalue weighted by Crippen LogP contribution is 2.26. The minimum atomic E-state index is -0.676. The van der Waals surface area contributed by atoms with Gasteiger partial charge in [-0.2, -0.15) is 0 Å². The van der Waals surface area contributed by atoms with E-state index in [1.54, 1.807) is 28.0 Å². The maximum absolute atomic E-state index is 12.5. The molecule has 1 heterocycles. The van der Waals surface area contributed by atoms with Gasteiger partial charge in [-0.1, -0.05) is 29.3 Å². The van der Waals surface area contributed by atoms with Crippen molar-refractivity contribution in [2.45, 2.75) is 6.04 Å². The highest BCUT2D eigenvalue weighted by molar-refractivity contribution is 6.43. The van der Waals surface area contributed by atoms with Gasteiger partial charge in [0.05, 0.1) is 22.2 Å². The Hall–Kier alpha value is -1.05. The van der Waals surface area contributed by atoms with E-state index < -0.39 is 6.04 Å². The number of carbonyl (C=O) groups excluding carboxylic acids is 2. The molecule has 0 spiro atoms. The zero-order chi connectivity index (χ0) is 17.0. The first-order valence-electron chi connectivity index (χ1n) is 7.22. The van der Waals surface area contributed by atoms with Crippen LogP contribution in [0.15, 0.2) is 18.2 Å². The van der Waals surface area contributed by atoms with Gasteiger partial charge in [-0.05, 0) is 12.1 Å². The molecule has 24 heavy (non-hydrogen) atoms. The van der Waals surface area contributed by atoms with Gasteiger partial charge in [0.15, 0.2) is 0 Å². The van der Waals surface area contributed by atoms with Gasteiger partial charge in [-0.15, -0.1) is 12.4 Å². The normalized spacial score (nSPS) is 15.7. The summed E-state index contributed by atoms with van der Waals surface area (Å²) in [6, 6.07) is 4.28. The number of ether oxygens (including phenoxy) is 1. The largest absolute Gasteiger partial charge is 0.383 e. The average Bonchev–Trinajstić information content (AvgIpc) is 2.56. The van der Waals surface area contributed by atoms with Gasteiger partial charge in [-0.25, -0.2) is 0 Å². The third kappa shape index (κ3) is 4.74. The van der Waals surface area contributed by atoms with Crippen LogP contribution in [-0.2, 0) is 9.53 Å². The van der Waals surface area contributed by atoms with Crippen LogP contribution >= 0.6 is 35.6 Å². The average molecular weight is 397 g/mol. The number of amides is 2. The van der Waals surface area contributed by atoms with Crippen molar-refractivity contribution in [2.24, 2.45) is 5.73 Å². The Labute approximate surface area is 157 Å². The molecule has 1 unspecified atom stereocenters. The molecule has 1 fully saturated rings. The lowest BCUT2D eigenvalue weighted by Crippen LogP contribution is -2.55. The number of rotatable bonds is 4. The molecule has 1 aromatic carbocycles. The molecule has 2 rings (SSSR count). The molecule has 6 nitrogen and oxygen atoms in total. The molecule has 1 aliphatic rings. The van der Waals surface area contributed by atoms with Gasteiger partial charge in [0.1, 0.15) is 6.04 Å². The predicted molar refractivity (Wildman–Crippen MR) is 96.0 cm³/mol. The van der Waals surface area contributed by atoms with E-state index in [2.05, 4.69) is 0 Å². The first-order chi connectivity index (χ1) is 11.0. The van der Waals surface area contributed by atoms with E-state index in [1.165, 1.54) is 7.11 Å². The van der Waals surface area contributed by atoms with Crippen LogP contribution in [0.4, 0.5) is 0 Å².